The van der Waals surface area contributed by atoms with Gasteiger partial charge in [0.2, 0.25) is 0 Å². The molecule has 22 heavy (non-hydrogen) atoms. The van der Waals surface area contributed by atoms with Crippen LogP contribution in [0.3, 0.4) is 0 Å². The molecule has 1 aromatic heterocycles. The highest BCUT2D eigenvalue weighted by Gasteiger charge is 2.14. The first kappa shape index (κ1) is 16.0. The van der Waals surface area contributed by atoms with E-state index in [9.17, 15) is 9.59 Å². The number of rotatable bonds is 5. The number of aromatic nitrogens is 1. The van der Waals surface area contributed by atoms with Crippen LogP contribution in [0.2, 0.25) is 0 Å². The minimum Gasteiger partial charge on any atom is -0.497 e. The molecule has 7 heteroatoms. The number of benzene rings is 1. The van der Waals surface area contributed by atoms with Gasteiger partial charge in [-0.05, 0) is 31.2 Å². The van der Waals surface area contributed by atoms with Crippen LogP contribution in [0.4, 0.5) is 5.13 Å². The molecule has 1 aromatic carbocycles. The standard InChI is InChI=1S/C15H16N2O4S/c1-9-12(8-13(18)21-3)16-15(22-9)17-14(19)10-4-6-11(20-2)7-5-10/h4-7H,8H2,1-3H3,(H,16,17,19). The highest BCUT2D eigenvalue weighted by Crippen LogP contribution is 2.23. The predicted octanol–water partition coefficient (Wildman–Crippen LogP) is 2.43. The third kappa shape index (κ3) is 3.82. The number of amides is 1. The maximum Gasteiger partial charge on any atom is 0.311 e. The molecular weight excluding hydrogens is 304 g/mol. The molecule has 116 valence electrons. The first-order chi connectivity index (χ1) is 10.5. The molecule has 0 saturated heterocycles. The van der Waals surface area contributed by atoms with Crippen LogP contribution in [-0.4, -0.2) is 31.1 Å². The topological polar surface area (TPSA) is 77.5 Å². The van der Waals surface area contributed by atoms with Crippen molar-refractivity contribution >= 4 is 28.3 Å². The summed E-state index contributed by atoms with van der Waals surface area (Å²) in [6.45, 7) is 1.85. The van der Waals surface area contributed by atoms with Gasteiger partial charge in [0, 0.05) is 10.4 Å². The second kappa shape index (κ2) is 7.04. The molecule has 1 heterocycles. The fourth-order valence-corrected chi connectivity index (χ4v) is 2.59. The van der Waals surface area contributed by atoms with E-state index in [1.165, 1.54) is 18.4 Å². The Morgan fingerprint density at radius 2 is 1.91 bits per heavy atom. The predicted molar refractivity (Wildman–Crippen MR) is 83.5 cm³/mol. The van der Waals surface area contributed by atoms with Crippen LogP contribution in [0, 0.1) is 6.92 Å². The monoisotopic (exact) mass is 320 g/mol. The lowest BCUT2D eigenvalue weighted by Crippen LogP contribution is -2.12. The first-order valence-corrected chi connectivity index (χ1v) is 7.33. The fraction of sp³-hybridized carbons (Fsp3) is 0.267. The van der Waals surface area contributed by atoms with Gasteiger partial charge in [0.25, 0.3) is 5.91 Å². The Morgan fingerprint density at radius 3 is 2.50 bits per heavy atom. The number of nitrogens with one attached hydrogen (secondary N) is 1. The lowest BCUT2D eigenvalue weighted by Gasteiger charge is -2.03. The lowest BCUT2D eigenvalue weighted by molar-refractivity contribution is -0.139. The Labute approximate surface area is 132 Å². The fourth-order valence-electron chi connectivity index (χ4n) is 1.77. The van der Waals surface area contributed by atoms with Crippen molar-refractivity contribution in [3.05, 3.63) is 40.4 Å². The van der Waals surface area contributed by atoms with E-state index in [2.05, 4.69) is 15.0 Å². The Morgan fingerprint density at radius 1 is 1.23 bits per heavy atom. The van der Waals surface area contributed by atoms with Crippen LogP contribution in [0.5, 0.6) is 5.75 Å². The van der Waals surface area contributed by atoms with Gasteiger partial charge < -0.3 is 9.47 Å². The van der Waals surface area contributed by atoms with Gasteiger partial charge in [-0.15, -0.1) is 11.3 Å². The Bertz CT molecular complexity index is 679. The number of ether oxygens (including phenoxy) is 2. The van der Waals surface area contributed by atoms with Crippen LogP contribution < -0.4 is 10.1 Å². The Hall–Kier alpha value is -2.41. The molecule has 0 aliphatic heterocycles. The first-order valence-electron chi connectivity index (χ1n) is 6.52. The van der Waals surface area contributed by atoms with E-state index >= 15 is 0 Å². The van der Waals surface area contributed by atoms with Crippen molar-refractivity contribution in [3.63, 3.8) is 0 Å². The summed E-state index contributed by atoms with van der Waals surface area (Å²) in [5.74, 6) is 0.0597. The van der Waals surface area contributed by atoms with E-state index in [0.717, 1.165) is 4.88 Å². The van der Waals surface area contributed by atoms with E-state index in [1.807, 2.05) is 6.92 Å². The van der Waals surface area contributed by atoms with Gasteiger partial charge in [-0.25, -0.2) is 4.98 Å². The SMILES string of the molecule is COC(=O)Cc1nc(NC(=O)c2ccc(OC)cc2)sc1C. The van der Waals surface area contributed by atoms with E-state index in [1.54, 1.807) is 31.4 Å². The van der Waals surface area contributed by atoms with Crippen molar-refractivity contribution in [3.8, 4) is 5.75 Å². The number of hydrogen-bond donors (Lipinski definition) is 1. The molecule has 0 aliphatic rings. The Balaban J connectivity index is 2.08. The summed E-state index contributed by atoms with van der Waals surface area (Å²) in [5, 5.41) is 3.18. The zero-order valence-electron chi connectivity index (χ0n) is 12.5. The van der Waals surface area contributed by atoms with Gasteiger partial charge in [-0.3, -0.25) is 14.9 Å². The molecule has 1 N–H and O–H groups in total. The normalized spacial score (nSPS) is 10.1. The highest BCUT2D eigenvalue weighted by molar-refractivity contribution is 7.15. The molecule has 0 radical (unpaired) electrons. The number of methoxy groups -OCH3 is 2. The zero-order chi connectivity index (χ0) is 16.1. The molecule has 0 atom stereocenters. The third-order valence-corrected chi connectivity index (χ3v) is 3.93. The summed E-state index contributed by atoms with van der Waals surface area (Å²) < 4.78 is 9.67. The number of hydrogen-bond acceptors (Lipinski definition) is 6. The van der Waals surface area contributed by atoms with Crippen molar-refractivity contribution in [1.82, 2.24) is 4.98 Å². The van der Waals surface area contributed by atoms with Crippen LogP contribution in [-0.2, 0) is 16.0 Å². The molecule has 0 unspecified atom stereocenters. The van der Waals surface area contributed by atoms with Crippen LogP contribution >= 0.6 is 11.3 Å². The van der Waals surface area contributed by atoms with Crippen LogP contribution in [0.1, 0.15) is 20.9 Å². The number of anilines is 1. The van der Waals surface area contributed by atoms with E-state index in [0.29, 0.717) is 22.1 Å². The summed E-state index contributed by atoms with van der Waals surface area (Å²) in [7, 11) is 2.90. The van der Waals surface area contributed by atoms with Gasteiger partial charge in [0.15, 0.2) is 5.13 Å². The summed E-state index contributed by atoms with van der Waals surface area (Å²) >= 11 is 1.32. The molecule has 0 fully saturated rings. The summed E-state index contributed by atoms with van der Waals surface area (Å²) in [6, 6.07) is 6.77. The number of carbonyl (C=O) groups excluding carboxylic acids is 2. The molecule has 0 bridgehead atoms. The molecule has 0 spiro atoms. The zero-order valence-corrected chi connectivity index (χ0v) is 13.3. The van der Waals surface area contributed by atoms with Crippen LogP contribution in [0.25, 0.3) is 0 Å². The van der Waals surface area contributed by atoms with Crippen molar-refractivity contribution < 1.29 is 19.1 Å². The van der Waals surface area contributed by atoms with Crippen molar-refractivity contribution in [2.75, 3.05) is 19.5 Å². The molecule has 6 nitrogen and oxygen atoms in total. The number of carbonyl (C=O) groups is 2. The van der Waals surface area contributed by atoms with E-state index < -0.39 is 0 Å². The third-order valence-electron chi connectivity index (χ3n) is 3.00. The van der Waals surface area contributed by atoms with E-state index in [4.69, 9.17) is 4.74 Å². The summed E-state index contributed by atoms with van der Waals surface area (Å²) in [5.41, 5.74) is 1.12. The quantitative estimate of drug-likeness (QED) is 0.856. The average Bonchev–Trinajstić information content (AvgIpc) is 2.86. The van der Waals surface area contributed by atoms with Gasteiger partial charge in [-0.2, -0.15) is 0 Å². The summed E-state index contributed by atoms with van der Waals surface area (Å²) in [6.07, 6.45) is 0.0945. The van der Waals surface area contributed by atoms with Gasteiger partial charge in [0.05, 0.1) is 26.3 Å². The molecule has 0 aliphatic carbocycles. The molecule has 2 rings (SSSR count). The number of aryl methyl sites for hydroxylation is 1. The number of nitrogens with zero attached hydrogens (tertiary/aromatic N) is 1. The maximum absolute atomic E-state index is 12.1. The lowest BCUT2D eigenvalue weighted by atomic mass is 10.2. The smallest absolute Gasteiger partial charge is 0.311 e. The van der Waals surface area contributed by atoms with Gasteiger partial charge >= 0.3 is 5.97 Å². The molecule has 2 aromatic rings. The summed E-state index contributed by atoms with van der Waals surface area (Å²) in [4.78, 5) is 28.6. The minimum atomic E-state index is -0.360. The second-order valence-corrected chi connectivity index (χ2v) is 5.66. The van der Waals surface area contributed by atoms with Crippen molar-refractivity contribution in [1.29, 1.82) is 0 Å². The maximum atomic E-state index is 12.1. The van der Waals surface area contributed by atoms with Crippen molar-refractivity contribution in [2.45, 2.75) is 13.3 Å². The van der Waals surface area contributed by atoms with Gasteiger partial charge in [-0.1, -0.05) is 0 Å². The highest BCUT2D eigenvalue weighted by atomic mass is 32.1. The largest absolute Gasteiger partial charge is 0.497 e. The van der Waals surface area contributed by atoms with Gasteiger partial charge in [0.1, 0.15) is 5.75 Å². The minimum absolute atomic E-state index is 0.0945. The molecule has 1 amide bonds. The number of thiazole rings is 1. The number of esters is 1. The second-order valence-electron chi connectivity index (χ2n) is 4.46. The van der Waals surface area contributed by atoms with Crippen LogP contribution in [0.15, 0.2) is 24.3 Å². The van der Waals surface area contributed by atoms with E-state index in [-0.39, 0.29) is 18.3 Å². The average molecular weight is 320 g/mol. The molecular formula is C15H16N2O4S. The molecule has 0 saturated carbocycles. The van der Waals surface area contributed by atoms with Crippen molar-refractivity contribution in [2.24, 2.45) is 0 Å². The Kier molecular flexibility index (Phi) is 5.11.